The Labute approximate surface area is 396 Å². The highest BCUT2D eigenvalue weighted by atomic mass is 32.2. The molecule has 0 unspecified atom stereocenters. The third-order valence-corrected chi connectivity index (χ3v) is 16.9. The molecule has 2 saturated heterocycles. The molecule has 0 bridgehead atoms. The maximum Gasteiger partial charge on any atom is 0.297 e. The van der Waals surface area contributed by atoms with Crippen LogP contribution in [0, 0.1) is 32.8 Å². The third kappa shape index (κ3) is 8.73. The van der Waals surface area contributed by atoms with Gasteiger partial charge < -0.3 is 29.8 Å². The van der Waals surface area contributed by atoms with E-state index in [0.717, 1.165) is 44.2 Å². The molecule has 17 heteroatoms. The summed E-state index contributed by atoms with van der Waals surface area (Å²) in [7, 11) is -4.70. The number of anilines is 2. The molecule has 1 spiro atoms. The van der Waals surface area contributed by atoms with Gasteiger partial charge in [-0.2, -0.15) is 5.26 Å². The standard InChI is InChI=1S/C51H58N8O8S/c1-31(2)38-7-4-5-8-39(38)43-9-6-18-58(43)35-25-51(26-35)16-19-57(20-17-51)34-10-11-40(45(21-34)67-36-22-41-33(27-52)28-53-48(41)54-29-36)49(60)56-68(64,65)37-23-44(59(62)63)47-46(24-37)66-30-42(55-47)32-12-14-50(3,61)15-13-32/h4-5,7-8,10-11,21-24,28-29,31-32,35,42-43,55,61H,6,9,12-20,25-26,30H2,1-3H3,(H,53,54)(H,56,60)/t32-,42-,43+,50-/m1/s1. The molecule has 4 fully saturated rings. The number of nitriles is 1. The normalized spacial score (nSPS) is 23.9. The second-order valence-corrected chi connectivity index (χ2v) is 22.0. The minimum atomic E-state index is -4.70. The molecule has 2 atom stereocenters. The summed E-state index contributed by atoms with van der Waals surface area (Å²) in [5.74, 6) is -0.166. The Balaban J connectivity index is 0.870. The largest absolute Gasteiger partial charge is 0.489 e. The first-order valence-electron chi connectivity index (χ1n) is 23.9. The van der Waals surface area contributed by atoms with Gasteiger partial charge in [0.25, 0.3) is 21.6 Å². The van der Waals surface area contributed by atoms with Crippen LogP contribution in [0.15, 0.2) is 78.0 Å². The molecule has 10 rings (SSSR count). The summed E-state index contributed by atoms with van der Waals surface area (Å²) < 4.78 is 42.5. The van der Waals surface area contributed by atoms with E-state index in [1.54, 1.807) is 31.3 Å². The van der Waals surface area contributed by atoms with Gasteiger partial charge in [0.15, 0.2) is 11.4 Å². The van der Waals surface area contributed by atoms with E-state index >= 15 is 0 Å². The van der Waals surface area contributed by atoms with E-state index < -0.39 is 37.0 Å². The highest BCUT2D eigenvalue weighted by Crippen LogP contribution is 2.54. The van der Waals surface area contributed by atoms with Crippen LogP contribution in [0.5, 0.6) is 17.2 Å². The number of piperidine rings is 1. The zero-order valence-electron chi connectivity index (χ0n) is 38.7. The van der Waals surface area contributed by atoms with Crippen LogP contribution in [0.2, 0.25) is 0 Å². The second-order valence-electron chi connectivity index (χ2n) is 20.3. The summed E-state index contributed by atoms with van der Waals surface area (Å²) in [6, 6.07) is 20.6. The summed E-state index contributed by atoms with van der Waals surface area (Å²) >= 11 is 0. The first kappa shape index (κ1) is 45.6. The van der Waals surface area contributed by atoms with Crippen molar-refractivity contribution in [3.63, 3.8) is 0 Å². The number of nitro groups is 1. The number of benzene rings is 3. The number of aromatic nitrogens is 2. The van der Waals surface area contributed by atoms with Crippen LogP contribution >= 0.6 is 0 Å². The van der Waals surface area contributed by atoms with Crippen LogP contribution in [0.1, 0.15) is 124 Å². The number of ether oxygens (including phenoxy) is 2. The van der Waals surface area contributed by atoms with Crippen molar-refractivity contribution < 1.29 is 32.7 Å². The van der Waals surface area contributed by atoms with Crippen LogP contribution in [0.25, 0.3) is 11.0 Å². The summed E-state index contributed by atoms with van der Waals surface area (Å²) in [6.45, 7) is 9.22. The van der Waals surface area contributed by atoms with E-state index in [2.05, 4.69) is 74.0 Å². The number of nitrogens with one attached hydrogen (secondary N) is 3. The van der Waals surface area contributed by atoms with E-state index in [1.807, 2.05) is 0 Å². The Morgan fingerprint density at radius 1 is 1.06 bits per heavy atom. The lowest BCUT2D eigenvalue weighted by atomic mass is 9.59. The van der Waals surface area contributed by atoms with Crippen molar-refractivity contribution in [3.05, 3.63) is 105 Å². The van der Waals surface area contributed by atoms with Crippen LogP contribution in [0.3, 0.4) is 0 Å². The van der Waals surface area contributed by atoms with E-state index in [1.165, 1.54) is 55.1 Å². The molecule has 356 valence electrons. The Bertz CT molecular complexity index is 2920. The molecule has 2 saturated carbocycles. The van der Waals surface area contributed by atoms with Gasteiger partial charge in [0.1, 0.15) is 29.8 Å². The van der Waals surface area contributed by atoms with E-state index in [4.69, 9.17) is 9.47 Å². The number of likely N-dealkylation sites (tertiary alicyclic amines) is 1. The predicted molar refractivity (Wildman–Crippen MR) is 257 cm³/mol. The van der Waals surface area contributed by atoms with Crippen LogP contribution in [0.4, 0.5) is 17.1 Å². The lowest BCUT2D eigenvalue weighted by molar-refractivity contribution is -0.384. The number of H-pyrrole nitrogens is 1. The van der Waals surface area contributed by atoms with Crippen LogP contribution < -0.4 is 24.4 Å². The van der Waals surface area contributed by atoms with Crippen molar-refractivity contribution in [3.8, 4) is 23.3 Å². The van der Waals surface area contributed by atoms with Gasteiger partial charge in [-0.1, -0.05) is 38.1 Å². The summed E-state index contributed by atoms with van der Waals surface area (Å²) in [4.78, 5) is 37.8. The van der Waals surface area contributed by atoms with Gasteiger partial charge in [0.2, 0.25) is 0 Å². The maximum atomic E-state index is 14.2. The molecule has 5 heterocycles. The highest BCUT2D eigenvalue weighted by Gasteiger charge is 2.50. The number of aromatic amines is 1. The lowest BCUT2D eigenvalue weighted by Gasteiger charge is -2.56. The number of nitrogens with zero attached hydrogens (tertiary/aromatic N) is 5. The van der Waals surface area contributed by atoms with Crippen LogP contribution in [-0.4, -0.2) is 83.1 Å². The molecular weight excluding hydrogens is 885 g/mol. The summed E-state index contributed by atoms with van der Waals surface area (Å²) in [5.41, 5.74) is 3.53. The molecule has 5 aromatic rings. The fraction of sp³-hybridized carbons (Fsp3) is 0.471. The minimum absolute atomic E-state index is 0.0165. The fourth-order valence-electron chi connectivity index (χ4n) is 11.7. The zero-order chi connectivity index (χ0) is 47.5. The summed E-state index contributed by atoms with van der Waals surface area (Å²) in [6.07, 6.45) is 12.4. The number of carbonyl (C=O) groups excluding carboxylic acids is 1. The van der Waals surface area contributed by atoms with Crippen molar-refractivity contribution >= 4 is 44.0 Å². The van der Waals surface area contributed by atoms with Crippen molar-refractivity contribution in [1.82, 2.24) is 19.6 Å². The van der Waals surface area contributed by atoms with Gasteiger partial charge in [0.05, 0.1) is 38.8 Å². The SMILES string of the molecule is CC(C)c1ccccc1[C@@H]1CCCN1C1CC2(CCN(c3ccc(C(=O)NS(=O)(=O)c4cc5c(c([N+](=O)[O-])c4)N[C@@H]([C@H]4CC[C@](C)(O)CC4)CO5)c(Oc4cnc5[nH]cc(C#N)c5c4)c3)CC2)C1. The third-order valence-electron chi connectivity index (χ3n) is 15.5. The van der Waals surface area contributed by atoms with Crippen LogP contribution in [-0.2, 0) is 10.0 Å². The Kier molecular flexibility index (Phi) is 11.9. The quantitative estimate of drug-likeness (QED) is 0.0719. The molecule has 4 N–H and O–H groups in total. The molecule has 3 aliphatic heterocycles. The van der Waals surface area contributed by atoms with Crippen molar-refractivity contribution in [1.29, 1.82) is 5.26 Å². The average molecular weight is 943 g/mol. The van der Waals surface area contributed by atoms with E-state index in [9.17, 15) is 33.7 Å². The Hall–Kier alpha value is -6.22. The van der Waals surface area contributed by atoms with Gasteiger partial charge in [-0.05, 0) is 124 Å². The number of amides is 1. The number of pyridine rings is 1. The monoisotopic (exact) mass is 942 g/mol. The summed E-state index contributed by atoms with van der Waals surface area (Å²) in [5, 5.41) is 36.3. The highest BCUT2D eigenvalue weighted by molar-refractivity contribution is 7.90. The molecule has 16 nitrogen and oxygen atoms in total. The number of aliphatic hydroxyl groups is 1. The second kappa shape index (κ2) is 17.7. The smallest absolute Gasteiger partial charge is 0.297 e. The number of carbonyl (C=O) groups is 1. The molecule has 2 aromatic heterocycles. The number of nitro benzene ring substituents is 1. The first-order valence-corrected chi connectivity index (χ1v) is 25.4. The van der Waals surface area contributed by atoms with Gasteiger partial charge in [-0.15, -0.1) is 0 Å². The number of hydrogen-bond donors (Lipinski definition) is 4. The van der Waals surface area contributed by atoms with Crippen molar-refractivity contribution in [2.45, 2.75) is 120 Å². The Morgan fingerprint density at radius 2 is 1.82 bits per heavy atom. The van der Waals surface area contributed by atoms with E-state index in [0.29, 0.717) is 60.3 Å². The number of hydrogen-bond acceptors (Lipinski definition) is 13. The van der Waals surface area contributed by atoms with Gasteiger partial charge >= 0.3 is 0 Å². The maximum absolute atomic E-state index is 14.2. The molecule has 0 radical (unpaired) electrons. The minimum Gasteiger partial charge on any atom is -0.489 e. The number of rotatable bonds is 11. The first-order chi connectivity index (χ1) is 32.6. The van der Waals surface area contributed by atoms with E-state index in [-0.39, 0.29) is 52.5 Å². The Morgan fingerprint density at radius 3 is 2.56 bits per heavy atom. The van der Waals surface area contributed by atoms with Gasteiger partial charge in [0, 0.05) is 60.6 Å². The number of sulfonamides is 1. The zero-order valence-corrected chi connectivity index (χ0v) is 39.5. The van der Waals surface area contributed by atoms with Crippen molar-refractivity contribution in [2.75, 3.05) is 36.5 Å². The molecule has 2 aliphatic carbocycles. The molecule has 5 aliphatic rings. The molecule has 68 heavy (non-hydrogen) atoms. The molecular formula is C51H58N8O8S. The molecule has 3 aromatic carbocycles. The lowest BCUT2D eigenvalue weighted by Crippen LogP contribution is -2.54. The average Bonchev–Trinajstić information content (AvgIpc) is 3.97. The molecule has 1 amide bonds. The predicted octanol–water partition coefficient (Wildman–Crippen LogP) is 9.08. The number of fused-ring (bicyclic) bond motifs is 2. The van der Waals surface area contributed by atoms with Crippen molar-refractivity contribution in [2.24, 2.45) is 11.3 Å². The topological polar surface area (TPSA) is 216 Å². The van der Waals surface area contributed by atoms with Gasteiger partial charge in [-0.25, -0.2) is 18.1 Å². The fourth-order valence-corrected chi connectivity index (χ4v) is 12.7. The van der Waals surface area contributed by atoms with Gasteiger partial charge in [-0.3, -0.25) is 19.8 Å².